The molecule has 2 rings (SSSR count). The van der Waals surface area contributed by atoms with Crippen molar-refractivity contribution in [1.29, 1.82) is 0 Å². The summed E-state index contributed by atoms with van der Waals surface area (Å²) in [7, 11) is -3.29. The molecule has 1 aliphatic rings. The number of ether oxygens (including phenoxy) is 1. The zero-order valence-corrected chi connectivity index (χ0v) is 12.6. The van der Waals surface area contributed by atoms with E-state index in [2.05, 4.69) is 0 Å². The number of hydrogen-bond donors (Lipinski definition) is 1. The van der Waals surface area contributed by atoms with Crippen molar-refractivity contribution >= 4 is 15.7 Å². The van der Waals surface area contributed by atoms with Crippen molar-refractivity contribution in [3.8, 4) is 0 Å². The molecule has 20 heavy (non-hydrogen) atoms. The molecule has 6 heteroatoms. The highest BCUT2D eigenvalue weighted by atomic mass is 32.2. The van der Waals surface area contributed by atoms with Crippen LogP contribution in [0, 0.1) is 5.92 Å². The maximum atomic E-state index is 12.5. The molecule has 1 aromatic rings. The molecule has 1 unspecified atom stereocenters. The van der Waals surface area contributed by atoms with Gasteiger partial charge in [0, 0.05) is 25.4 Å². The van der Waals surface area contributed by atoms with Gasteiger partial charge in [-0.3, -0.25) is 0 Å². The normalized spacial score (nSPS) is 19.6. The minimum atomic E-state index is -3.29. The van der Waals surface area contributed by atoms with Crippen molar-refractivity contribution < 1.29 is 13.2 Å². The van der Waals surface area contributed by atoms with Crippen molar-refractivity contribution in [2.45, 2.75) is 19.1 Å². The van der Waals surface area contributed by atoms with E-state index in [-0.39, 0.29) is 5.75 Å². The molecule has 0 spiro atoms. The number of nitrogens with zero attached hydrogens (tertiary/aromatic N) is 1. The van der Waals surface area contributed by atoms with Crippen LogP contribution in [0.4, 0.5) is 5.69 Å². The van der Waals surface area contributed by atoms with Gasteiger partial charge in [-0.2, -0.15) is 0 Å². The fourth-order valence-corrected chi connectivity index (χ4v) is 4.00. The van der Waals surface area contributed by atoms with Crippen molar-refractivity contribution in [3.63, 3.8) is 0 Å². The van der Waals surface area contributed by atoms with E-state index in [0.29, 0.717) is 31.3 Å². The van der Waals surface area contributed by atoms with Gasteiger partial charge in [0.2, 0.25) is 10.0 Å². The number of nitrogens with two attached hydrogens (primary N) is 1. The van der Waals surface area contributed by atoms with E-state index >= 15 is 0 Å². The lowest BCUT2D eigenvalue weighted by Gasteiger charge is -2.23. The predicted molar refractivity (Wildman–Crippen MR) is 79.7 cm³/mol. The van der Waals surface area contributed by atoms with Gasteiger partial charge in [0.25, 0.3) is 0 Å². The molecule has 1 aromatic carbocycles. The van der Waals surface area contributed by atoms with Crippen LogP contribution in [0.2, 0.25) is 0 Å². The van der Waals surface area contributed by atoms with Crippen LogP contribution in [0.3, 0.4) is 0 Å². The van der Waals surface area contributed by atoms with Crippen LogP contribution < -0.4 is 5.73 Å². The summed E-state index contributed by atoms with van der Waals surface area (Å²) in [5.74, 6) is 0.338. The lowest BCUT2D eigenvalue weighted by Crippen LogP contribution is -2.36. The molecule has 1 aliphatic heterocycles. The van der Waals surface area contributed by atoms with E-state index in [1.54, 1.807) is 28.6 Å². The second-order valence-electron chi connectivity index (χ2n) is 5.18. The fraction of sp³-hybridized carbons (Fsp3) is 0.571. The molecule has 1 saturated heterocycles. The molecule has 5 nitrogen and oxygen atoms in total. The molecular weight excluding hydrogens is 276 g/mol. The number of hydrogen-bond acceptors (Lipinski definition) is 4. The van der Waals surface area contributed by atoms with Gasteiger partial charge < -0.3 is 10.5 Å². The summed E-state index contributed by atoms with van der Waals surface area (Å²) in [4.78, 5) is 0. The summed E-state index contributed by atoms with van der Waals surface area (Å²) in [5.41, 5.74) is 7.02. The molecule has 0 amide bonds. The molecule has 0 saturated carbocycles. The first-order valence-electron chi connectivity index (χ1n) is 6.91. The van der Waals surface area contributed by atoms with Gasteiger partial charge in [0.1, 0.15) is 0 Å². The summed E-state index contributed by atoms with van der Waals surface area (Å²) in [6, 6.07) is 6.98. The second-order valence-corrected chi connectivity index (χ2v) is 7.15. The first kappa shape index (κ1) is 15.3. The molecule has 1 atom stereocenters. The molecule has 1 fully saturated rings. The van der Waals surface area contributed by atoms with Crippen LogP contribution >= 0.6 is 0 Å². The summed E-state index contributed by atoms with van der Waals surface area (Å²) in [6.07, 6.45) is 0.938. The third kappa shape index (κ3) is 3.94. The molecule has 0 aromatic heterocycles. The Bertz CT molecular complexity index is 522. The Hall–Kier alpha value is -1.11. The van der Waals surface area contributed by atoms with E-state index in [4.69, 9.17) is 10.5 Å². The maximum absolute atomic E-state index is 12.5. The van der Waals surface area contributed by atoms with Crippen LogP contribution in [0.1, 0.15) is 18.9 Å². The van der Waals surface area contributed by atoms with Crippen LogP contribution in [-0.4, -0.2) is 39.0 Å². The van der Waals surface area contributed by atoms with Crippen LogP contribution in [0.5, 0.6) is 0 Å². The Morgan fingerprint density at radius 2 is 2.05 bits per heavy atom. The molecule has 0 bridgehead atoms. The number of sulfonamides is 1. The standard InChI is InChI=1S/C14H22N2O3S/c1-2-16(9-13-7-8-19-10-13)20(17,18)11-12-3-5-14(15)6-4-12/h3-6,13H,2,7-11,15H2,1H3. The first-order valence-corrected chi connectivity index (χ1v) is 8.52. The topological polar surface area (TPSA) is 72.6 Å². The van der Waals surface area contributed by atoms with E-state index in [0.717, 1.165) is 18.6 Å². The van der Waals surface area contributed by atoms with Gasteiger partial charge in [-0.25, -0.2) is 12.7 Å². The smallest absolute Gasteiger partial charge is 0.218 e. The zero-order valence-electron chi connectivity index (χ0n) is 11.8. The average Bonchev–Trinajstić information content (AvgIpc) is 2.91. The van der Waals surface area contributed by atoms with Gasteiger partial charge in [-0.05, 0) is 30.0 Å². The summed E-state index contributed by atoms with van der Waals surface area (Å²) in [5, 5.41) is 0. The molecule has 112 valence electrons. The molecular formula is C14H22N2O3S. The predicted octanol–water partition coefficient (Wildman–Crippen LogP) is 1.46. The monoisotopic (exact) mass is 298 g/mol. The Morgan fingerprint density at radius 1 is 1.35 bits per heavy atom. The van der Waals surface area contributed by atoms with Gasteiger partial charge in [0.05, 0.1) is 12.4 Å². The minimum absolute atomic E-state index is 0.0225. The second kappa shape index (κ2) is 6.56. The molecule has 0 aliphatic carbocycles. The summed E-state index contributed by atoms with van der Waals surface area (Å²) < 4.78 is 31.8. The summed E-state index contributed by atoms with van der Waals surface area (Å²) in [6.45, 7) is 4.31. The highest BCUT2D eigenvalue weighted by molar-refractivity contribution is 7.88. The number of anilines is 1. The van der Waals surface area contributed by atoms with Gasteiger partial charge in [-0.15, -0.1) is 0 Å². The number of rotatable bonds is 6. The Labute approximate surface area is 120 Å². The van der Waals surface area contributed by atoms with E-state index in [9.17, 15) is 8.42 Å². The first-order chi connectivity index (χ1) is 9.51. The molecule has 0 radical (unpaired) electrons. The maximum Gasteiger partial charge on any atom is 0.218 e. The van der Waals surface area contributed by atoms with Crippen molar-refractivity contribution in [3.05, 3.63) is 29.8 Å². The number of benzene rings is 1. The Kier molecular flexibility index (Phi) is 5.01. The minimum Gasteiger partial charge on any atom is -0.399 e. The van der Waals surface area contributed by atoms with Crippen molar-refractivity contribution in [2.24, 2.45) is 5.92 Å². The van der Waals surface area contributed by atoms with Crippen LogP contribution in [0.15, 0.2) is 24.3 Å². The lowest BCUT2D eigenvalue weighted by molar-refractivity contribution is 0.181. The highest BCUT2D eigenvalue weighted by Crippen LogP contribution is 2.18. The van der Waals surface area contributed by atoms with Crippen molar-refractivity contribution in [1.82, 2.24) is 4.31 Å². The Balaban J connectivity index is 2.04. The third-order valence-electron chi connectivity index (χ3n) is 3.56. The quantitative estimate of drug-likeness (QED) is 0.807. The fourth-order valence-electron chi connectivity index (χ4n) is 2.37. The largest absolute Gasteiger partial charge is 0.399 e. The average molecular weight is 298 g/mol. The van der Waals surface area contributed by atoms with Crippen LogP contribution in [0.25, 0.3) is 0 Å². The lowest BCUT2D eigenvalue weighted by atomic mass is 10.1. The molecule has 2 N–H and O–H groups in total. The van der Waals surface area contributed by atoms with Gasteiger partial charge >= 0.3 is 0 Å². The molecule has 1 heterocycles. The Morgan fingerprint density at radius 3 is 2.60 bits per heavy atom. The number of nitrogen functional groups attached to an aromatic ring is 1. The van der Waals surface area contributed by atoms with E-state index in [1.807, 2.05) is 6.92 Å². The SMILES string of the molecule is CCN(CC1CCOC1)S(=O)(=O)Cc1ccc(N)cc1. The van der Waals surface area contributed by atoms with Gasteiger partial charge in [0.15, 0.2) is 0 Å². The van der Waals surface area contributed by atoms with E-state index in [1.165, 1.54) is 0 Å². The van der Waals surface area contributed by atoms with E-state index < -0.39 is 10.0 Å². The van der Waals surface area contributed by atoms with Gasteiger partial charge in [-0.1, -0.05) is 19.1 Å². The summed E-state index contributed by atoms with van der Waals surface area (Å²) >= 11 is 0. The van der Waals surface area contributed by atoms with Crippen LogP contribution in [-0.2, 0) is 20.5 Å². The zero-order chi connectivity index (χ0) is 14.6. The third-order valence-corrected chi connectivity index (χ3v) is 5.45. The highest BCUT2D eigenvalue weighted by Gasteiger charge is 2.26. The van der Waals surface area contributed by atoms with Crippen molar-refractivity contribution in [2.75, 3.05) is 32.0 Å².